The topological polar surface area (TPSA) is 58.2 Å². The average Bonchev–Trinajstić information content (AvgIpc) is 2.76. The van der Waals surface area contributed by atoms with Gasteiger partial charge >= 0.3 is 0 Å². The van der Waals surface area contributed by atoms with E-state index < -0.39 is 10.0 Å². The smallest absolute Gasteiger partial charge is 0.240 e. The van der Waals surface area contributed by atoms with Gasteiger partial charge in [0, 0.05) is 28.1 Å². The van der Waals surface area contributed by atoms with Gasteiger partial charge in [-0.05, 0) is 46.3 Å². The number of hydrogen-bond acceptors (Lipinski definition) is 4. The first-order valence-electron chi connectivity index (χ1n) is 6.19. The Kier molecular flexibility index (Phi) is 5.67. The Morgan fingerprint density at radius 3 is 2.48 bits per heavy atom. The number of benzene rings is 1. The second-order valence-electron chi connectivity index (χ2n) is 4.21. The van der Waals surface area contributed by atoms with Gasteiger partial charge in [-0.25, -0.2) is 13.1 Å². The highest BCUT2D eigenvalue weighted by Gasteiger charge is 2.11. The number of nitrogens with one attached hydrogen (secondary N) is 2. The molecule has 114 valence electrons. The van der Waals surface area contributed by atoms with Crippen LogP contribution in [-0.4, -0.2) is 15.0 Å². The fourth-order valence-electron chi connectivity index (χ4n) is 1.69. The lowest BCUT2D eigenvalue weighted by Crippen LogP contribution is -2.23. The zero-order chi connectivity index (χ0) is 15.5. The van der Waals surface area contributed by atoms with Crippen molar-refractivity contribution >= 4 is 54.6 Å². The molecule has 2 rings (SSSR count). The minimum atomic E-state index is -3.40. The zero-order valence-electron chi connectivity index (χ0n) is 11.2. The molecular formula is C13H14BrClN2O2S2. The molecule has 1 aromatic heterocycles. The van der Waals surface area contributed by atoms with Gasteiger partial charge in [0.15, 0.2) is 0 Å². The van der Waals surface area contributed by atoms with Crippen molar-refractivity contribution in [2.45, 2.75) is 18.4 Å². The first-order chi connectivity index (χ1) is 9.92. The largest absolute Gasteiger partial charge is 0.380 e. The number of hydrogen-bond donors (Lipinski definition) is 2. The van der Waals surface area contributed by atoms with E-state index in [4.69, 9.17) is 11.6 Å². The third kappa shape index (κ3) is 4.43. The number of halogens is 2. The van der Waals surface area contributed by atoms with Crippen molar-refractivity contribution in [3.05, 3.63) is 44.0 Å². The summed E-state index contributed by atoms with van der Waals surface area (Å²) in [6, 6.07) is 8.61. The first kappa shape index (κ1) is 16.8. The number of anilines is 1. The van der Waals surface area contributed by atoms with Crippen LogP contribution in [-0.2, 0) is 16.6 Å². The summed E-state index contributed by atoms with van der Waals surface area (Å²) >= 11 is 10.8. The molecule has 4 nitrogen and oxygen atoms in total. The summed E-state index contributed by atoms with van der Waals surface area (Å²) in [5.74, 6) is 0. The van der Waals surface area contributed by atoms with Crippen molar-refractivity contribution in [3.63, 3.8) is 0 Å². The maximum absolute atomic E-state index is 11.8. The van der Waals surface area contributed by atoms with Gasteiger partial charge in [-0.1, -0.05) is 18.5 Å². The van der Waals surface area contributed by atoms with Crippen LogP contribution in [0, 0.1) is 0 Å². The Labute approximate surface area is 141 Å². The standard InChI is InChI=1S/C13H14BrClN2O2S2/c1-2-17-21(18,19)11-5-3-9(4-6-11)16-8-10-7-12(14)13(15)20-10/h3-7,16-17H,2,8H2,1H3. The molecule has 0 aliphatic rings. The molecule has 1 aromatic carbocycles. The maximum Gasteiger partial charge on any atom is 0.240 e. The average molecular weight is 410 g/mol. The normalized spacial score (nSPS) is 11.6. The van der Waals surface area contributed by atoms with Crippen molar-refractivity contribution in [3.8, 4) is 0 Å². The molecule has 0 aliphatic heterocycles. The highest BCUT2D eigenvalue weighted by molar-refractivity contribution is 9.10. The van der Waals surface area contributed by atoms with Gasteiger partial charge in [0.25, 0.3) is 0 Å². The Hall–Kier alpha value is -0.600. The van der Waals surface area contributed by atoms with Crippen LogP contribution < -0.4 is 10.0 Å². The van der Waals surface area contributed by atoms with Crippen LogP contribution >= 0.6 is 38.9 Å². The van der Waals surface area contributed by atoms with Crippen LogP contribution in [0.15, 0.2) is 39.7 Å². The van der Waals surface area contributed by atoms with E-state index in [1.807, 2.05) is 6.07 Å². The van der Waals surface area contributed by atoms with Gasteiger partial charge in [0.1, 0.15) is 4.34 Å². The monoisotopic (exact) mass is 408 g/mol. The molecular weight excluding hydrogens is 396 g/mol. The third-order valence-electron chi connectivity index (χ3n) is 2.66. The van der Waals surface area contributed by atoms with E-state index in [1.165, 1.54) is 11.3 Å². The van der Waals surface area contributed by atoms with Gasteiger partial charge in [-0.15, -0.1) is 11.3 Å². The third-order valence-corrected chi connectivity index (χ3v) is 6.70. The molecule has 2 N–H and O–H groups in total. The Morgan fingerprint density at radius 1 is 1.29 bits per heavy atom. The van der Waals surface area contributed by atoms with Crippen LogP contribution in [0.25, 0.3) is 0 Å². The molecule has 0 saturated heterocycles. The Bertz CT molecular complexity index is 695. The molecule has 0 saturated carbocycles. The Morgan fingerprint density at radius 2 is 1.95 bits per heavy atom. The molecule has 2 aromatic rings. The van der Waals surface area contributed by atoms with E-state index >= 15 is 0 Å². The molecule has 8 heteroatoms. The SMILES string of the molecule is CCNS(=O)(=O)c1ccc(NCc2cc(Br)c(Cl)s2)cc1. The molecule has 0 atom stereocenters. The van der Waals surface area contributed by atoms with Crippen LogP contribution in [0.1, 0.15) is 11.8 Å². The molecule has 0 fully saturated rings. The van der Waals surface area contributed by atoms with Gasteiger partial charge in [-0.3, -0.25) is 0 Å². The molecule has 1 heterocycles. The van der Waals surface area contributed by atoms with Crippen LogP contribution in [0.5, 0.6) is 0 Å². The Balaban J connectivity index is 2.03. The fraction of sp³-hybridized carbons (Fsp3) is 0.231. The molecule has 0 radical (unpaired) electrons. The van der Waals surface area contributed by atoms with Crippen LogP contribution in [0.3, 0.4) is 0 Å². The quantitative estimate of drug-likeness (QED) is 0.756. The summed E-state index contributed by atoms with van der Waals surface area (Å²) in [4.78, 5) is 1.35. The van der Waals surface area contributed by atoms with Crippen LogP contribution in [0.4, 0.5) is 5.69 Å². The summed E-state index contributed by atoms with van der Waals surface area (Å²) in [5, 5.41) is 3.23. The predicted molar refractivity (Wildman–Crippen MR) is 91.7 cm³/mol. The first-order valence-corrected chi connectivity index (χ1v) is 9.66. The molecule has 21 heavy (non-hydrogen) atoms. The van der Waals surface area contributed by atoms with Gasteiger partial charge in [0.2, 0.25) is 10.0 Å². The van der Waals surface area contributed by atoms with Crippen molar-refractivity contribution in [2.75, 3.05) is 11.9 Å². The minimum Gasteiger partial charge on any atom is -0.380 e. The van der Waals surface area contributed by atoms with E-state index in [1.54, 1.807) is 31.2 Å². The number of rotatable bonds is 6. The number of thiophene rings is 1. The summed E-state index contributed by atoms with van der Waals surface area (Å²) in [7, 11) is -3.40. The van der Waals surface area contributed by atoms with E-state index in [-0.39, 0.29) is 4.90 Å². The lowest BCUT2D eigenvalue weighted by Gasteiger charge is -2.07. The predicted octanol–water partition coefficient (Wildman–Crippen LogP) is 4.07. The van der Waals surface area contributed by atoms with Crippen molar-refractivity contribution in [1.29, 1.82) is 0 Å². The van der Waals surface area contributed by atoms with Gasteiger partial charge < -0.3 is 5.32 Å². The molecule has 0 unspecified atom stereocenters. The fourth-order valence-corrected chi connectivity index (χ4v) is 4.46. The summed E-state index contributed by atoms with van der Waals surface area (Å²) in [6.45, 7) is 2.75. The van der Waals surface area contributed by atoms with Crippen molar-refractivity contribution in [2.24, 2.45) is 0 Å². The van der Waals surface area contributed by atoms with E-state index in [0.717, 1.165) is 19.4 Å². The van der Waals surface area contributed by atoms with Gasteiger partial charge in [-0.2, -0.15) is 0 Å². The minimum absolute atomic E-state index is 0.261. The summed E-state index contributed by atoms with van der Waals surface area (Å²) < 4.78 is 27.7. The number of sulfonamides is 1. The van der Waals surface area contributed by atoms with Crippen molar-refractivity contribution < 1.29 is 8.42 Å². The van der Waals surface area contributed by atoms with E-state index in [0.29, 0.717) is 13.1 Å². The van der Waals surface area contributed by atoms with E-state index in [9.17, 15) is 8.42 Å². The second-order valence-corrected chi connectivity index (χ2v) is 8.57. The van der Waals surface area contributed by atoms with E-state index in [2.05, 4.69) is 26.0 Å². The highest BCUT2D eigenvalue weighted by Crippen LogP contribution is 2.32. The van der Waals surface area contributed by atoms with Gasteiger partial charge in [0.05, 0.1) is 4.90 Å². The maximum atomic E-state index is 11.8. The highest BCUT2D eigenvalue weighted by atomic mass is 79.9. The zero-order valence-corrected chi connectivity index (χ0v) is 15.2. The summed E-state index contributed by atoms with van der Waals surface area (Å²) in [5.41, 5.74) is 0.853. The lowest BCUT2D eigenvalue weighted by atomic mass is 10.3. The summed E-state index contributed by atoms with van der Waals surface area (Å²) in [6.07, 6.45) is 0. The van der Waals surface area contributed by atoms with Crippen LogP contribution in [0.2, 0.25) is 4.34 Å². The second kappa shape index (κ2) is 7.11. The molecule has 0 bridgehead atoms. The van der Waals surface area contributed by atoms with Crippen molar-refractivity contribution in [1.82, 2.24) is 4.72 Å². The molecule has 0 spiro atoms. The molecule has 0 amide bonds. The lowest BCUT2D eigenvalue weighted by molar-refractivity contribution is 0.584. The molecule has 0 aliphatic carbocycles.